The number of rotatable bonds is 5. The van der Waals surface area contributed by atoms with Crippen molar-refractivity contribution in [3.63, 3.8) is 0 Å². The van der Waals surface area contributed by atoms with Gasteiger partial charge in [0.25, 0.3) is 0 Å². The maximum absolute atomic E-state index is 12.9. The van der Waals surface area contributed by atoms with E-state index in [2.05, 4.69) is 17.4 Å². The van der Waals surface area contributed by atoms with Crippen molar-refractivity contribution in [1.29, 1.82) is 0 Å². The lowest BCUT2D eigenvalue weighted by Gasteiger charge is -2.45. The van der Waals surface area contributed by atoms with Crippen LogP contribution in [0, 0.1) is 0 Å². The molecule has 0 saturated carbocycles. The number of hydrogen-bond donors (Lipinski definition) is 1. The van der Waals surface area contributed by atoms with E-state index in [1.807, 2.05) is 56.3 Å². The number of fused-ring (bicyclic) bond motifs is 4. The van der Waals surface area contributed by atoms with Crippen molar-refractivity contribution in [2.75, 3.05) is 6.61 Å². The maximum Gasteiger partial charge on any atom is 0.336 e. The van der Waals surface area contributed by atoms with Crippen LogP contribution in [0.3, 0.4) is 0 Å². The number of ether oxygens (including phenoxy) is 2. The average molecular weight is 363 g/mol. The fourth-order valence-electron chi connectivity index (χ4n) is 4.16. The van der Waals surface area contributed by atoms with E-state index in [1.165, 1.54) is 5.56 Å². The van der Waals surface area contributed by atoms with Crippen LogP contribution in [-0.4, -0.2) is 18.3 Å². The van der Waals surface area contributed by atoms with E-state index in [0.717, 1.165) is 41.8 Å². The van der Waals surface area contributed by atoms with Crippen LogP contribution < -0.4 is 10.1 Å². The average Bonchev–Trinajstić information content (AvgIpc) is 2.65. The Labute approximate surface area is 160 Å². The zero-order valence-electron chi connectivity index (χ0n) is 15.8. The zero-order valence-corrected chi connectivity index (χ0v) is 15.8. The minimum absolute atomic E-state index is 0.00261. The van der Waals surface area contributed by atoms with Gasteiger partial charge in [0.2, 0.25) is 0 Å². The Morgan fingerprint density at radius 3 is 2.74 bits per heavy atom. The number of aryl methyl sites for hydroxylation is 1. The Balaban J connectivity index is 1.46. The second kappa shape index (κ2) is 7.10. The summed E-state index contributed by atoms with van der Waals surface area (Å²) in [6.45, 7) is 4.39. The normalized spacial score (nSPS) is 23.1. The molecule has 4 rings (SSSR count). The molecule has 2 aromatic carbocycles. The first-order valence-corrected chi connectivity index (χ1v) is 9.54. The molecule has 2 aromatic rings. The lowest BCUT2D eigenvalue weighted by molar-refractivity contribution is -0.140. The van der Waals surface area contributed by atoms with Gasteiger partial charge in [0.1, 0.15) is 5.75 Å². The lowest BCUT2D eigenvalue weighted by Crippen LogP contribution is -2.54. The molecule has 2 heterocycles. The Hall–Kier alpha value is -2.75. The summed E-state index contributed by atoms with van der Waals surface area (Å²) in [6.07, 6.45) is 2.44. The van der Waals surface area contributed by atoms with E-state index in [1.54, 1.807) is 0 Å². The van der Waals surface area contributed by atoms with Crippen LogP contribution in [0.15, 0.2) is 65.9 Å². The van der Waals surface area contributed by atoms with Crippen LogP contribution in [0.1, 0.15) is 43.7 Å². The standard InChI is InChI=1S/C23H25NO3/c1-16-21(22(25)26-14-8-11-17-9-4-3-5-10-17)19-15-23(2,24-16)27-20-13-7-6-12-18(19)20/h3-7,9-10,12-13,19,24H,8,11,14-15H2,1-2H3/t19-,23?/m0/s1. The van der Waals surface area contributed by atoms with Gasteiger partial charge in [-0.1, -0.05) is 48.5 Å². The first-order chi connectivity index (χ1) is 13.1. The highest BCUT2D eigenvalue weighted by Crippen LogP contribution is 2.47. The summed E-state index contributed by atoms with van der Waals surface area (Å²) in [5.74, 6) is 0.616. The lowest BCUT2D eigenvalue weighted by atomic mass is 9.78. The van der Waals surface area contributed by atoms with Gasteiger partial charge in [0, 0.05) is 23.6 Å². The smallest absolute Gasteiger partial charge is 0.336 e. The molecule has 0 radical (unpaired) electrons. The minimum Gasteiger partial charge on any atom is -0.468 e. The Morgan fingerprint density at radius 1 is 1.19 bits per heavy atom. The summed E-state index contributed by atoms with van der Waals surface area (Å²) in [6, 6.07) is 18.2. The number of nitrogens with one attached hydrogen (secondary N) is 1. The number of hydrogen-bond acceptors (Lipinski definition) is 4. The molecule has 1 N–H and O–H groups in total. The first kappa shape index (κ1) is 17.7. The number of allylic oxidation sites excluding steroid dienone is 1. The van der Waals surface area contributed by atoms with Gasteiger partial charge < -0.3 is 14.8 Å². The SMILES string of the molecule is CC1=C(C(=O)OCCCc2ccccc2)[C@H]2CC(C)(N1)Oc1ccccc12. The van der Waals surface area contributed by atoms with E-state index in [4.69, 9.17) is 9.47 Å². The van der Waals surface area contributed by atoms with Crippen molar-refractivity contribution in [1.82, 2.24) is 5.32 Å². The molecule has 2 aliphatic rings. The summed E-state index contributed by atoms with van der Waals surface area (Å²) in [7, 11) is 0. The van der Waals surface area contributed by atoms with E-state index in [9.17, 15) is 4.79 Å². The third kappa shape index (κ3) is 3.57. The molecule has 4 nitrogen and oxygen atoms in total. The molecule has 4 heteroatoms. The minimum atomic E-state index is -0.486. The second-order valence-corrected chi connectivity index (χ2v) is 7.52. The quantitative estimate of drug-likeness (QED) is 0.635. The Morgan fingerprint density at radius 2 is 1.93 bits per heavy atom. The molecule has 0 aromatic heterocycles. The fourth-order valence-corrected chi connectivity index (χ4v) is 4.16. The van der Waals surface area contributed by atoms with E-state index in [-0.39, 0.29) is 11.9 Å². The van der Waals surface area contributed by atoms with Crippen LogP contribution in [-0.2, 0) is 16.0 Å². The number of para-hydroxylation sites is 1. The first-order valence-electron chi connectivity index (χ1n) is 9.54. The second-order valence-electron chi connectivity index (χ2n) is 7.52. The third-order valence-electron chi connectivity index (χ3n) is 5.33. The molecular weight excluding hydrogens is 338 g/mol. The van der Waals surface area contributed by atoms with Crippen LogP contribution in [0.25, 0.3) is 0 Å². The Kier molecular flexibility index (Phi) is 4.65. The fraction of sp³-hybridized carbons (Fsp3) is 0.348. The summed E-state index contributed by atoms with van der Waals surface area (Å²) >= 11 is 0. The maximum atomic E-state index is 12.9. The van der Waals surface area contributed by atoms with Gasteiger partial charge in [-0.05, 0) is 38.3 Å². The van der Waals surface area contributed by atoms with E-state index >= 15 is 0 Å². The molecule has 0 fully saturated rings. The highest BCUT2D eigenvalue weighted by atomic mass is 16.5. The molecule has 2 aliphatic heterocycles. The number of benzene rings is 2. The molecule has 140 valence electrons. The zero-order chi connectivity index (χ0) is 18.9. The monoisotopic (exact) mass is 363 g/mol. The van der Waals surface area contributed by atoms with Gasteiger partial charge in [-0.15, -0.1) is 0 Å². The number of esters is 1. The summed E-state index contributed by atoms with van der Waals surface area (Å²) in [4.78, 5) is 12.9. The van der Waals surface area contributed by atoms with Crippen molar-refractivity contribution in [3.05, 3.63) is 77.0 Å². The molecule has 1 unspecified atom stereocenters. The number of carbonyl (C=O) groups is 1. The van der Waals surface area contributed by atoms with Crippen LogP contribution in [0.5, 0.6) is 5.75 Å². The summed E-state index contributed by atoms with van der Waals surface area (Å²) < 4.78 is 11.8. The van der Waals surface area contributed by atoms with Gasteiger partial charge >= 0.3 is 5.97 Å². The third-order valence-corrected chi connectivity index (χ3v) is 5.33. The van der Waals surface area contributed by atoms with Crippen molar-refractivity contribution in [3.8, 4) is 5.75 Å². The van der Waals surface area contributed by atoms with E-state index < -0.39 is 5.72 Å². The van der Waals surface area contributed by atoms with E-state index in [0.29, 0.717) is 6.61 Å². The van der Waals surface area contributed by atoms with Crippen LogP contribution >= 0.6 is 0 Å². The molecule has 2 bridgehead atoms. The largest absolute Gasteiger partial charge is 0.468 e. The molecular formula is C23H25NO3. The predicted molar refractivity (Wildman–Crippen MR) is 104 cm³/mol. The Bertz CT molecular complexity index is 874. The van der Waals surface area contributed by atoms with Gasteiger partial charge in [-0.3, -0.25) is 0 Å². The van der Waals surface area contributed by atoms with Gasteiger partial charge in [-0.25, -0.2) is 4.79 Å². The molecule has 0 saturated heterocycles. The summed E-state index contributed by atoms with van der Waals surface area (Å²) in [5.41, 5.74) is 3.41. The topological polar surface area (TPSA) is 47.6 Å². The molecule has 27 heavy (non-hydrogen) atoms. The van der Waals surface area contributed by atoms with Crippen LogP contribution in [0.4, 0.5) is 0 Å². The van der Waals surface area contributed by atoms with Crippen molar-refractivity contribution >= 4 is 5.97 Å². The van der Waals surface area contributed by atoms with Crippen molar-refractivity contribution in [2.24, 2.45) is 0 Å². The molecule has 0 spiro atoms. The number of carbonyl (C=O) groups excluding carboxylic acids is 1. The highest BCUT2D eigenvalue weighted by Gasteiger charge is 2.45. The van der Waals surface area contributed by atoms with Gasteiger partial charge in [0.15, 0.2) is 5.72 Å². The summed E-state index contributed by atoms with van der Waals surface area (Å²) in [5, 5.41) is 3.37. The molecule has 0 amide bonds. The van der Waals surface area contributed by atoms with Crippen molar-refractivity contribution in [2.45, 2.75) is 44.8 Å². The molecule has 0 aliphatic carbocycles. The predicted octanol–water partition coefficient (Wildman–Crippen LogP) is 4.32. The molecule has 2 atom stereocenters. The van der Waals surface area contributed by atoms with Gasteiger partial charge in [-0.2, -0.15) is 0 Å². The van der Waals surface area contributed by atoms with Crippen molar-refractivity contribution < 1.29 is 14.3 Å². The van der Waals surface area contributed by atoms with Gasteiger partial charge in [0.05, 0.1) is 12.2 Å². The highest BCUT2D eigenvalue weighted by molar-refractivity contribution is 5.91. The van der Waals surface area contributed by atoms with Crippen LogP contribution in [0.2, 0.25) is 0 Å².